The van der Waals surface area contributed by atoms with Crippen LogP contribution in [-0.4, -0.2) is 10.9 Å². The van der Waals surface area contributed by atoms with Crippen LogP contribution < -0.4 is 4.57 Å². The molecule has 0 spiro atoms. The van der Waals surface area contributed by atoms with Crippen LogP contribution in [0.15, 0.2) is 24.8 Å². The van der Waals surface area contributed by atoms with Crippen LogP contribution in [-0.2, 0) is 11.3 Å². The van der Waals surface area contributed by atoms with Crippen molar-refractivity contribution in [3.63, 3.8) is 0 Å². The molecular formula is C6H7N2O+. The number of aromatic nitrogens is 2. The Kier molecular flexibility index (Phi) is 1.83. The van der Waals surface area contributed by atoms with Gasteiger partial charge in [-0.1, -0.05) is 0 Å². The Bertz CT molecular complexity index is 209. The van der Waals surface area contributed by atoms with Gasteiger partial charge < -0.3 is 0 Å². The molecular weight excluding hydrogens is 116 g/mol. The summed E-state index contributed by atoms with van der Waals surface area (Å²) in [5.74, 6) is 1.70. The van der Waals surface area contributed by atoms with Gasteiger partial charge in [0.15, 0.2) is 0 Å². The summed E-state index contributed by atoms with van der Waals surface area (Å²) in [7, 11) is 0. The quantitative estimate of drug-likeness (QED) is 0.425. The van der Waals surface area contributed by atoms with Crippen molar-refractivity contribution in [2.24, 2.45) is 0 Å². The molecule has 3 heteroatoms. The number of nitrogens with zero attached hydrogens (tertiary/aromatic N) is 1. The van der Waals surface area contributed by atoms with Gasteiger partial charge in [-0.25, -0.2) is 9.36 Å². The zero-order valence-electron chi connectivity index (χ0n) is 4.87. The Labute approximate surface area is 52.6 Å². The number of nitrogens with one attached hydrogen (secondary N) is 1. The first-order valence-corrected chi connectivity index (χ1v) is 2.64. The highest BCUT2D eigenvalue weighted by Crippen LogP contribution is 1.68. The van der Waals surface area contributed by atoms with Gasteiger partial charge in [-0.05, 0) is 0 Å². The predicted molar refractivity (Wildman–Crippen MR) is 31.3 cm³/mol. The van der Waals surface area contributed by atoms with Crippen molar-refractivity contribution in [1.29, 1.82) is 0 Å². The van der Waals surface area contributed by atoms with Gasteiger partial charge in [-0.2, -0.15) is 0 Å². The third-order valence-electron chi connectivity index (χ3n) is 0.988. The lowest BCUT2D eigenvalue weighted by Crippen LogP contribution is -2.28. The Hall–Kier alpha value is -1.34. The van der Waals surface area contributed by atoms with E-state index < -0.39 is 0 Å². The molecule has 9 heavy (non-hydrogen) atoms. The van der Waals surface area contributed by atoms with Crippen LogP contribution in [0.25, 0.3) is 0 Å². The highest BCUT2D eigenvalue weighted by Gasteiger charge is 1.89. The lowest BCUT2D eigenvalue weighted by atomic mass is 10.6. The average molecular weight is 123 g/mol. The van der Waals surface area contributed by atoms with Crippen molar-refractivity contribution in [3.8, 4) is 0 Å². The number of hydrogen-bond acceptors (Lipinski definition) is 1. The molecule has 1 N–H and O–H groups in total. The number of carbonyl (C=O) groups excluding carboxylic acids is 1. The maximum atomic E-state index is 9.70. The van der Waals surface area contributed by atoms with E-state index in [2.05, 4.69) is 4.98 Å². The first-order chi connectivity index (χ1) is 4.43. The third kappa shape index (κ3) is 1.55. The third-order valence-corrected chi connectivity index (χ3v) is 0.988. The Morgan fingerprint density at radius 1 is 1.78 bits per heavy atom. The summed E-state index contributed by atoms with van der Waals surface area (Å²) in [6.07, 6.45) is 6.83. The fourth-order valence-corrected chi connectivity index (χ4v) is 0.577. The lowest BCUT2D eigenvalue weighted by molar-refractivity contribution is -0.685. The highest BCUT2D eigenvalue weighted by molar-refractivity contribution is 5.43. The SMILES string of the molecule is O=C=CC[n+]1cc[nH]c1. The minimum Gasteiger partial charge on any atom is -0.250 e. The molecule has 0 aliphatic carbocycles. The highest BCUT2D eigenvalue weighted by atomic mass is 16.1. The van der Waals surface area contributed by atoms with Crippen LogP contribution in [0.4, 0.5) is 0 Å². The minimum atomic E-state index is 0.590. The second-order valence-corrected chi connectivity index (χ2v) is 1.63. The molecule has 0 bridgehead atoms. The topological polar surface area (TPSA) is 36.7 Å². The van der Waals surface area contributed by atoms with Gasteiger partial charge in [-0.15, -0.1) is 0 Å². The van der Waals surface area contributed by atoms with Crippen LogP contribution in [0.5, 0.6) is 0 Å². The van der Waals surface area contributed by atoms with E-state index in [1.54, 1.807) is 18.5 Å². The summed E-state index contributed by atoms with van der Waals surface area (Å²) in [5, 5.41) is 0. The molecule has 0 unspecified atom stereocenters. The van der Waals surface area contributed by atoms with E-state index in [4.69, 9.17) is 0 Å². The summed E-state index contributed by atoms with van der Waals surface area (Å²) in [6.45, 7) is 0.590. The largest absolute Gasteiger partial charge is 0.250 e. The van der Waals surface area contributed by atoms with Gasteiger partial charge in [0.2, 0.25) is 6.33 Å². The maximum absolute atomic E-state index is 9.70. The first kappa shape index (κ1) is 5.79. The second kappa shape index (κ2) is 2.84. The molecule has 1 rings (SSSR count). The molecule has 0 atom stereocenters. The normalized spacial score (nSPS) is 8.44. The van der Waals surface area contributed by atoms with Gasteiger partial charge in [0, 0.05) is 6.08 Å². The van der Waals surface area contributed by atoms with E-state index in [9.17, 15) is 4.79 Å². The van der Waals surface area contributed by atoms with Gasteiger partial charge in [0.1, 0.15) is 24.9 Å². The van der Waals surface area contributed by atoms with Gasteiger partial charge >= 0.3 is 0 Å². The van der Waals surface area contributed by atoms with Crippen LogP contribution in [0.3, 0.4) is 0 Å². The number of allylic oxidation sites excluding steroid dienone is 1. The van der Waals surface area contributed by atoms with Crippen LogP contribution in [0.1, 0.15) is 0 Å². The van der Waals surface area contributed by atoms with Crippen molar-refractivity contribution >= 4 is 5.94 Å². The zero-order valence-corrected chi connectivity index (χ0v) is 4.87. The minimum absolute atomic E-state index is 0.590. The van der Waals surface area contributed by atoms with Crippen molar-refractivity contribution in [3.05, 3.63) is 24.8 Å². The number of H-pyrrole nitrogens is 1. The smallest absolute Gasteiger partial charge is 0.241 e. The molecule has 0 aliphatic rings. The molecule has 1 heterocycles. The maximum Gasteiger partial charge on any atom is 0.241 e. The van der Waals surface area contributed by atoms with Crippen LogP contribution >= 0.6 is 0 Å². The van der Waals surface area contributed by atoms with E-state index in [1.807, 2.05) is 10.8 Å². The number of hydrogen-bond donors (Lipinski definition) is 1. The van der Waals surface area contributed by atoms with Crippen molar-refractivity contribution in [1.82, 2.24) is 4.98 Å². The van der Waals surface area contributed by atoms with Crippen LogP contribution in [0.2, 0.25) is 0 Å². The predicted octanol–water partition coefficient (Wildman–Crippen LogP) is -0.310. The van der Waals surface area contributed by atoms with Crippen molar-refractivity contribution in [2.75, 3.05) is 0 Å². The molecule has 1 aromatic rings. The van der Waals surface area contributed by atoms with E-state index in [0.717, 1.165) is 0 Å². The zero-order chi connectivity index (χ0) is 6.53. The summed E-state index contributed by atoms with van der Waals surface area (Å²) < 4.78 is 1.84. The molecule has 0 fully saturated rings. The molecule has 46 valence electrons. The van der Waals surface area contributed by atoms with E-state index in [1.165, 1.54) is 6.08 Å². The monoisotopic (exact) mass is 123 g/mol. The fraction of sp³-hybridized carbons (Fsp3) is 0.167. The Morgan fingerprint density at radius 3 is 3.22 bits per heavy atom. The Balaban J connectivity index is 2.57. The molecule has 1 aromatic heterocycles. The van der Waals surface area contributed by atoms with Crippen molar-refractivity contribution < 1.29 is 9.36 Å². The standard InChI is InChI=1S/C6H6N2O/c9-5-1-3-8-4-2-7-6-8/h1-2,4,6H,3H2/p+1. The second-order valence-electron chi connectivity index (χ2n) is 1.63. The molecule has 3 nitrogen and oxygen atoms in total. The molecule has 0 saturated heterocycles. The molecule has 0 amide bonds. The molecule has 0 saturated carbocycles. The Morgan fingerprint density at radius 2 is 2.67 bits per heavy atom. The van der Waals surface area contributed by atoms with Crippen molar-refractivity contribution in [2.45, 2.75) is 6.54 Å². The van der Waals surface area contributed by atoms with Crippen LogP contribution in [0, 0.1) is 0 Å². The molecule has 0 radical (unpaired) electrons. The fourth-order valence-electron chi connectivity index (χ4n) is 0.577. The summed E-state index contributed by atoms with van der Waals surface area (Å²) in [5.41, 5.74) is 0. The van der Waals surface area contributed by atoms with Gasteiger partial charge in [0.25, 0.3) is 0 Å². The van der Waals surface area contributed by atoms with Gasteiger partial charge in [-0.3, -0.25) is 4.98 Å². The number of aromatic amines is 1. The van der Waals surface area contributed by atoms with E-state index >= 15 is 0 Å². The number of imidazole rings is 1. The first-order valence-electron chi connectivity index (χ1n) is 2.64. The molecule has 0 aromatic carbocycles. The molecule has 0 aliphatic heterocycles. The van der Waals surface area contributed by atoms with Gasteiger partial charge in [0.05, 0.1) is 0 Å². The summed E-state index contributed by atoms with van der Waals surface area (Å²) in [4.78, 5) is 12.5. The summed E-state index contributed by atoms with van der Waals surface area (Å²) in [6, 6.07) is 0. The average Bonchev–Trinajstić information content (AvgIpc) is 2.34. The van der Waals surface area contributed by atoms with E-state index in [-0.39, 0.29) is 0 Å². The number of rotatable bonds is 2. The summed E-state index contributed by atoms with van der Waals surface area (Å²) >= 11 is 0. The van der Waals surface area contributed by atoms with E-state index in [0.29, 0.717) is 6.54 Å². The lowest BCUT2D eigenvalue weighted by Gasteiger charge is -1.80.